The van der Waals surface area contributed by atoms with Crippen LogP contribution in [0.5, 0.6) is 0 Å². The molecule has 8 nitrogen and oxygen atoms in total. The zero-order valence-corrected chi connectivity index (χ0v) is 36.0. The molecule has 318 valence electrons. The van der Waals surface area contributed by atoms with Crippen LogP contribution in [0.15, 0.2) is 36.0 Å². The summed E-state index contributed by atoms with van der Waals surface area (Å²) in [6.45, 7) is 9.05. The summed E-state index contributed by atoms with van der Waals surface area (Å²) in [6.07, 6.45) is 38.1. The van der Waals surface area contributed by atoms with Gasteiger partial charge in [-0.3, -0.25) is 4.79 Å². The predicted octanol–water partition coefficient (Wildman–Crippen LogP) is 12.6. The molecule has 0 aromatic carbocycles. The number of piperidine rings is 1. The molecule has 0 bridgehead atoms. The van der Waals surface area contributed by atoms with Gasteiger partial charge in [-0.05, 0) is 110 Å². The summed E-state index contributed by atoms with van der Waals surface area (Å²) in [4.78, 5) is 40.4. The van der Waals surface area contributed by atoms with Gasteiger partial charge >= 0.3 is 18.1 Å². The number of esters is 2. The normalized spacial score (nSPS) is 14.8. The van der Waals surface area contributed by atoms with E-state index in [-0.39, 0.29) is 31.8 Å². The van der Waals surface area contributed by atoms with E-state index in [2.05, 4.69) is 57.0 Å². The van der Waals surface area contributed by atoms with E-state index in [0.717, 1.165) is 121 Å². The average molecular weight is 774 g/mol. The number of rotatable bonds is 35. The molecule has 1 rings (SSSR count). The number of nitrogens with zero attached hydrogens (tertiary/aromatic N) is 1. The van der Waals surface area contributed by atoms with Crippen LogP contribution in [0.25, 0.3) is 0 Å². The number of hydrogen-bond donors (Lipinski definition) is 0. The van der Waals surface area contributed by atoms with Crippen LogP contribution in [0, 0.1) is 11.8 Å². The van der Waals surface area contributed by atoms with Gasteiger partial charge in [0.25, 0.3) is 0 Å². The third-order valence-corrected chi connectivity index (χ3v) is 10.6. The summed E-state index contributed by atoms with van der Waals surface area (Å²) in [6, 6.07) is 0. The second-order valence-corrected chi connectivity index (χ2v) is 15.9. The summed E-state index contributed by atoms with van der Waals surface area (Å²) in [5.41, 5.74) is 1.14. The second kappa shape index (κ2) is 37.0. The molecule has 0 amide bonds. The fraction of sp³-hybridized carbons (Fsp3) is 0.809. The minimum Gasteiger partial charge on any atom is -0.465 e. The quantitative estimate of drug-likeness (QED) is 0.0207. The number of hydrogen-bond acceptors (Lipinski definition) is 8. The Bertz CT molecular complexity index is 1030. The van der Waals surface area contributed by atoms with Crippen molar-refractivity contribution in [2.24, 2.45) is 11.8 Å². The molecule has 0 saturated carbocycles. The van der Waals surface area contributed by atoms with Gasteiger partial charge in [0, 0.05) is 12.5 Å². The maximum Gasteiger partial charge on any atom is 0.508 e. The van der Waals surface area contributed by atoms with Crippen molar-refractivity contribution in [3.63, 3.8) is 0 Å². The van der Waals surface area contributed by atoms with Crippen molar-refractivity contribution in [3.05, 3.63) is 36.0 Å². The summed E-state index contributed by atoms with van der Waals surface area (Å²) in [5.74, 6) is -0.593. The Balaban J connectivity index is 2.52. The summed E-state index contributed by atoms with van der Waals surface area (Å²) in [7, 11) is 2.13. The van der Waals surface area contributed by atoms with Crippen molar-refractivity contribution in [3.8, 4) is 0 Å². The largest absolute Gasteiger partial charge is 0.508 e. The summed E-state index contributed by atoms with van der Waals surface area (Å²) >= 11 is 0. The molecule has 0 spiro atoms. The molecule has 1 unspecified atom stereocenters. The first kappa shape index (κ1) is 50.4. The van der Waals surface area contributed by atoms with Crippen LogP contribution >= 0.6 is 0 Å². The molecule has 1 atom stereocenters. The number of ether oxygens (including phenoxy) is 4. The highest BCUT2D eigenvalue weighted by Crippen LogP contribution is 2.20. The van der Waals surface area contributed by atoms with Crippen LogP contribution in [0.4, 0.5) is 4.79 Å². The van der Waals surface area contributed by atoms with Crippen LogP contribution in [-0.4, -0.2) is 69.6 Å². The standard InChI is InChI=1S/C47H83NO7/c1-5-8-11-13-15-16-17-18-19-20-21-22-23-25-28-31-45(49)53-39-44(41-55-47(51)52-37-34-42-32-35-48(4)36-33-42)40-54-46(50)38-43(29-26-10-7-3)30-27-24-14-12-9-6-2/h15-16,18-19,38,42,44H,5-14,17,20-37,39-41H2,1-4H3/b16-15-,19-18-,43-38+. The smallest absolute Gasteiger partial charge is 0.465 e. The Kier molecular flexibility index (Phi) is 33.9. The molecule has 1 fully saturated rings. The topological polar surface area (TPSA) is 91.4 Å². The van der Waals surface area contributed by atoms with Gasteiger partial charge in [0.2, 0.25) is 0 Å². The minimum absolute atomic E-state index is 0.00552. The molecule has 0 aromatic rings. The van der Waals surface area contributed by atoms with Gasteiger partial charge in [-0.2, -0.15) is 0 Å². The molecule has 1 saturated heterocycles. The van der Waals surface area contributed by atoms with Crippen molar-refractivity contribution in [1.82, 2.24) is 4.90 Å². The van der Waals surface area contributed by atoms with Crippen molar-refractivity contribution in [2.75, 3.05) is 46.6 Å². The predicted molar refractivity (Wildman–Crippen MR) is 227 cm³/mol. The SMILES string of the molecule is CCCCC/C=C\C/C=C\CCCCCCCC(=O)OCC(COC(=O)/C=C(\CCCCC)CCCCCCCC)COC(=O)OCCC1CCN(C)CC1. The van der Waals surface area contributed by atoms with E-state index in [4.69, 9.17) is 18.9 Å². The average Bonchev–Trinajstić information content (AvgIpc) is 3.18. The summed E-state index contributed by atoms with van der Waals surface area (Å²) in [5, 5.41) is 0. The molecular weight excluding hydrogens is 691 g/mol. The first-order valence-corrected chi connectivity index (χ1v) is 22.7. The lowest BCUT2D eigenvalue weighted by molar-refractivity contribution is -0.148. The maximum atomic E-state index is 13.0. The van der Waals surface area contributed by atoms with E-state index in [1.807, 2.05) is 0 Å². The van der Waals surface area contributed by atoms with E-state index in [1.54, 1.807) is 6.08 Å². The van der Waals surface area contributed by atoms with E-state index >= 15 is 0 Å². The molecule has 0 radical (unpaired) electrons. The molecule has 55 heavy (non-hydrogen) atoms. The highest BCUT2D eigenvalue weighted by Gasteiger charge is 2.20. The molecule has 0 aliphatic carbocycles. The second-order valence-electron chi connectivity index (χ2n) is 15.9. The van der Waals surface area contributed by atoms with E-state index in [0.29, 0.717) is 18.9 Å². The fourth-order valence-corrected chi connectivity index (χ4v) is 6.81. The molecular formula is C47H83NO7. The zero-order chi connectivity index (χ0) is 40.0. The number of carbonyl (C=O) groups is 3. The van der Waals surface area contributed by atoms with E-state index in [9.17, 15) is 14.4 Å². The van der Waals surface area contributed by atoms with Gasteiger partial charge in [-0.25, -0.2) is 9.59 Å². The van der Waals surface area contributed by atoms with Crippen molar-refractivity contribution in [1.29, 1.82) is 0 Å². The number of likely N-dealkylation sites (tertiary alicyclic amines) is 1. The van der Waals surface area contributed by atoms with Gasteiger partial charge in [-0.1, -0.05) is 128 Å². The van der Waals surface area contributed by atoms with Gasteiger partial charge in [0.05, 0.1) is 12.5 Å². The van der Waals surface area contributed by atoms with Crippen LogP contribution in [0.3, 0.4) is 0 Å². The Labute approximate surface area is 337 Å². The Hall–Kier alpha value is -2.61. The number of unbranched alkanes of at least 4 members (excludes halogenated alkanes) is 15. The molecule has 8 heteroatoms. The lowest BCUT2D eigenvalue weighted by atomic mass is 9.94. The van der Waals surface area contributed by atoms with E-state index < -0.39 is 12.1 Å². The highest BCUT2D eigenvalue weighted by atomic mass is 16.7. The van der Waals surface area contributed by atoms with Crippen LogP contribution in [-0.2, 0) is 28.5 Å². The summed E-state index contributed by atoms with van der Waals surface area (Å²) < 4.78 is 22.1. The van der Waals surface area contributed by atoms with Crippen molar-refractivity contribution in [2.45, 2.75) is 188 Å². The van der Waals surface area contributed by atoms with Gasteiger partial charge in [0.15, 0.2) is 0 Å². The molecule has 0 N–H and O–H groups in total. The first-order chi connectivity index (χ1) is 26.9. The fourth-order valence-electron chi connectivity index (χ4n) is 6.81. The molecule has 1 aliphatic rings. The third kappa shape index (κ3) is 32.2. The Morgan fingerprint density at radius 2 is 1.11 bits per heavy atom. The van der Waals surface area contributed by atoms with Crippen LogP contribution in [0.1, 0.15) is 188 Å². The van der Waals surface area contributed by atoms with Crippen LogP contribution < -0.4 is 0 Å². The molecule has 1 heterocycles. The zero-order valence-electron chi connectivity index (χ0n) is 36.0. The van der Waals surface area contributed by atoms with Crippen molar-refractivity contribution < 1.29 is 33.3 Å². The van der Waals surface area contributed by atoms with Crippen LogP contribution in [0.2, 0.25) is 0 Å². The lowest BCUT2D eigenvalue weighted by Gasteiger charge is -2.28. The van der Waals surface area contributed by atoms with Gasteiger partial charge in [0.1, 0.15) is 19.8 Å². The maximum absolute atomic E-state index is 13.0. The Morgan fingerprint density at radius 1 is 0.600 bits per heavy atom. The third-order valence-electron chi connectivity index (χ3n) is 10.6. The first-order valence-electron chi connectivity index (χ1n) is 22.7. The Morgan fingerprint density at radius 3 is 1.78 bits per heavy atom. The minimum atomic E-state index is -0.738. The number of allylic oxidation sites excluding steroid dienone is 5. The monoisotopic (exact) mass is 774 g/mol. The van der Waals surface area contributed by atoms with Gasteiger partial charge in [-0.15, -0.1) is 0 Å². The van der Waals surface area contributed by atoms with Gasteiger partial charge < -0.3 is 23.8 Å². The molecule has 1 aliphatic heterocycles. The molecule has 0 aromatic heterocycles. The van der Waals surface area contributed by atoms with E-state index in [1.165, 1.54) is 57.8 Å². The van der Waals surface area contributed by atoms with Crippen molar-refractivity contribution >= 4 is 18.1 Å². The highest BCUT2D eigenvalue weighted by molar-refractivity contribution is 5.82. The lowest BCUT2D eigenvalue weighted by Crippen LogP contribution is -2.30. The number of carbonyl (C=O) groups excluding carboxylic acids is 3.